The second-order valence-electron chi connectivity index (χ2n) is 8.91. The average molecular weight is 441 g/mol. The molecule has 1 aliphatic heterocycles. The zero-order valence-electron chi connectivity index (χ0n) is 20.3. The summed E-state index contributed by atoms with van der Waals surface area (Å²) in [6, 6.07) is 8.76. The molecule has 1 aromatic carbocycles. The number of piperazine rings is 1. The summed E-state index contributed by atoms with van der Waals surface area (Å²) in [6.45, 7) is 13.9. The lowest BCUT2D eigenvalue weighted by atomic mass is 10.0. The van der Waals surface area contributed by atoms with Crippen LogP contribution >= 0.6 is 0 Å². The summed E-state index contributed by atoms with van der Waals surface area (Å²) in [5.41, 5.74) is 4.97. The second kappa shape index (κ2) is 12.3. The molecule has 0 aliphatic carbocycles. The highest BCUT2D eigenvalue weighted by atomic mass is 16.5. The number of aryl methyl sites for hydroxylation is 3. The zero-order valence-corrected chi connectivity index (χ0v) is 20.3. The molecule has 1 aromatic heterocycles. The van der Waals surface area contributed by atoms with E-state index in [-0.39, 0.29) is 0 Å². The van der Waals surface area contributed by atoms with Crippen molar-refractivity contribution in [2.45, 2.75) is 59.5 Å². The van der Waals surface area contributed by atoms with Gasteiger partial charge in [0.2, 0.25) is 0 Å². The summed E-state index contributed by atoms with van der Waals surface area (Å²) < 4.78 is 5.58. The van der Waals surface area contributed by atoms with E-state index in [1.165, 1.54) is 16.7 Å². The van der Waals surface area contributed by atoms with Crippen LogP contribution in [0.25, 0.3) is 0 Å². The number of aromatic nitrogens is 2. The Morgan fingerprint density at radius 3 is 2.41 bits per heavy atom. The van der Waals surface area contributed by atoms with Crippen LogP contribution in [0.4, 0.5) is 5.82 Å². The molecular formula is C26H40N4O2. The molecule has 176 valence electrons. The van der Waals surface area contributed by atoms with Crippen molar-refractivity contribution in [1.82, 2.24) is 14.9 Å². The van der Waals surface area contributed by atoms with Gasteiger partial charge in [0, 0.05) is 57.0 Å². The Morgan fingerprint density at radius 2 is 1.75 bits per heavy atom. The van der Waals surface area contributed by atoms with E-state index in [9.17, 15) is 5.11 Å². The third-order valence-electron chi connectivity index (χ3n) is 6.11. The first-order chi connectivity index (χ1) is 15.5. The van der Waals surface area contributed by atoms with E-state index in [0.717, 1.165) is 75.8 Å². The monoisotopic (exact) mass is 440 g/mol. The number of hydrogen-bond donors (Lipinski definition) is 1. The van der Waals surface area contributed by atoms with Gasteiger partial charge in [-0.2, -0.15) is 0 Å². The van der Waals surface area contributed by atoms with Crippen molar-refractivity contribution in [1.29, 1.82) is 0 Å². The Kier molecular flexibility index (Phi) is 9.45. The topological polar surface area (TPSA) is 61.7 Å². The molecule has 1 N–H and O–H groups in total. The fraction of sp³-hybridized carbons (Fsp3) is 0.615. The summed E-state index contributed by atoms with van der Waals surface area (Å²) in [4.78, 5) is 14.4. The zero-order chi connectivity index (χ0) is 22.9. The first-order valence-corrected chi connectivity index (χ1v) is 12.1. The molecule has 2 aromatic rings. The Labute approximate surface area is 193 Å². The fourth-order valence-electron chi connectivity index (χ4n) is 4.24. The molecule has 0 amide bonds. The summed E-state index contributed by atoms with van der Waals surface area (Å²) in [6.07, 6.45) is 3.50. The SMILES string of the molecule is CCCCOC[C@@H](O)CN1CCN(c2nc(C)nc(CC)c2Cc2ccc(C)cc2)CC1. The molecule has 3 rings (SSSR count). The number of unbranched alkanes of at least 4 members (excludes halogenated alkanes) is 1. The van der Waals surface area contributed by atoms with E-state index in [1.807, 2.05) is 6.92 Å². The predicted octanol–water partition coefficient (Wildman–Crippen LogP) is 3.55. The van der Waals surface area contributed by atoms with Gasteiger partial charge >= 0.3 is 0 Å². The minimum atomic E-state index is -0.427. The van der Waals surface area contributed by atoms with Crippen molar-refractivity contribution < 1.29 is 9.84 Å². The van der Waals surface area contributed by atoms with Crippen molar-refractivity contribution in [3.05, 3.63) is 52.5 Å². The molecule has 6 nitrogen and oxygen atoms in total. The number of ether oxygens (including phenoxy) is 1. The maximum absolute atomic E-state index is 10.3. The number of β-amino-alcohol motifs (C(OH)–C–C–N with tert-alkyl or cyclic N) is 1. The number of aliphatic hydroxyl groups is 1. The first-order valence-electron chi connectivity index (χ1n) is 12.1. The van der Waals surface area contributed by atoms with E-state index in [0.29, 0.717) is 13.2 Å². The molecule has 0 saturated carbocycles. The number of benzene rings is 1. The van der Waals surface area contributed by atoms with Crippen LogP contribution in [0.5, 0.6) is 0 Å². The highest BCUT2D eigenvalue weighted by Gasteiger charge is 2.24. The third kappa shape index (κ3) is 6.99. The Balaban J connectivity index is 1.65. The van der Waals surface area contributed by atoms with Gasteiger partial charge in [0.25, 0.3) is 0 Å². The second-order valence-corrected chi connectivity index (χ2v) is 8.91. The summed E-state index contributed by atoms with van der Waals surface area (Å²) in [5, 5.41) is 10.3. The molecule has 0 radical (unpaired) electrons. The molecule has 1 aliphatic rings. The molecule has 1 saturated heterocycles. The van der Waals surface area contributed by atoms with E-state index in [2.05, 4.69) is 54.8 Å². The molecule has 1 fully saturated rings. The van der Waals surface area contributed by atoms with Crippen LogP contribution in [0.2, 0.25) is 0 Å². The summed E-state index contributed by atoms with van der Waals surface area (Å²) in [7, 11) is 0. The van der Waals surface area contributed by atoms with Crippen molar-refractivity contribution in [3.63, 3.8) is 0 Å². The van der Waals surface area contributed by atoms with Crippen LogP contribution < -0.4 is 4.90 Å². The van der Waals surface area contributed by atoms with Gasteiger partial charge in [-0.3, -0.25) is 4.90 Å². The van der Waals surface area contributed by atoms with Crippen LogP contribution in [0.15, 0.2) is 24.3 Å². The lowest BCUT2D eigenvalue weighted by molar-refractivity contribution is 0.0150. The minimum absolute atomic E-state index is 0.422. The van der Waals surface area contributed by atoms with E-state index in [1.54, 1.807) is 0 Å². The maximum atomic E-state index is 10.3. The molecule has 1 atom stereocenters. The number of aliphatic hydroxyl groups excluding tert-OH is 1. The van der Waals surface area contributed by atoms with E-state index < -0.39 is 6.10 Å². The van der Waals surface area contributed by atoms with Gasteiger partial charge in [-0.05, 0) is 32.3 Å². The molecule has 6 heteroatoms. The van der Waals surface area contributed by atoms with Crippen LogP contribution in [0, 0.1) is 13.8 Å². The molecule has 0 spiro atoms. The van der Waals surface area contributed by atoms with Crippen LogP contribution in [0.1, 0.15) is 54.9 Å². The molecule has 0 unspecified atom stereocenters. The Hall–Kier alpha value is -2.02. The minimum Gasteiger partial charge on any atom is -0.389 e. The number of hydrogen-bond acceptors (Lipinski definition) is 6. The molecular weight excluding hydrogens is 400 g/mol. The predicted molar refractivity (Wildman–Crippen MR) is 131 cm³/mol. The fourth-order valence-corrected chi connectivity index (χ4v) is 4.24. The van der Waals surface area contributed by atoms with Gasteiger partial charge in [0.1, 0.15) is 11.6 Å². The normalized spacial score (nSPS) is 15.8. The molecule has 2 heterocycles. The van der Waals surface area contributed by atoms with Gasteiger partial charge < -0.3 is 14.7 Å². The Morgan fingerprint density at radius 1 is 1.03 bits per heavy atom. The van der Waals surface area contributed by atoms with Crippen molar-refractivity contribution in [2.75, 3.05) is 50.8 Å². The highest BCUT2D eigenvalue weighted by Crippen LogP contribution is 2.26. The van der Waals surface area contributed by atoms with Gasteiger partial charge in [-0.15, -0.1) is 0 Å². The van der Waals surface area contributed by atoms with Gasteiger partial charge in [-0.1, -0.05) is 50.1 Å². The smallest absolute Gasteiger partial charge is 0.136 e. The van der Waals surface area contributed by atoms with E-state index in [4.69, 9.17) is 14.7 Å². The quantitative estimate of drug-likeness (QED) is 0.539. The third-order valence-corrected chi connectivity index (χ3v) is 6.11. The van der Waals surface area contributed by atoms with Crippen molar-refractivity contribution in [3.8, 4) is 0 Å². The number of rotatable bonds is 11. The number of anilines is 1. The lowest BCUT2D eigenvalue weighted by Crippen LogP contribution is -2.49. The molecule has 0 bridgehead atoms. The molecule has 32 heavy (non-hydrogen) atoms. The van der Waals surface area contributed by atoms with Gasteiger partial charge in [-0.25, -0.2) is 9.97 Å². The number of nitrogens with zero attached hydrogens (tertiary/aromatic N) is 4. The summed E-state index contributed by atoms with van der Waals surface area (Å²) in [5.74, 6) is 1.92. The van der Waals surface area contributed by atoms with Crippen molar-refractivity contribution >= 4 is 5.82 Å². The maximum Gasteiger partial charge on any atom is 0.136 e. The first kappa shape index (κ1) is 24.6. The average Bonchev–Trinajstić information content (AvgIpc) is 2.79. The highest BCUT2D eigenvalue weighted by molar-refractivity contribution is 5.52. The van der Waals surface area contributed by atoms with Crippen molar-refractivity contribution in [2.24, 2.45) is 0 Å². The van der Waals surface area contributed by atoms with Crippen LogP contribution in [0.3, 0.4) is 0 Å². The van der Waals surface area contributed by atoms with E-state index >= 15 is 0 Å². The lowest BCUT2D eigenvalue weighted by Gasteiger charge is -2.37. The van der Waals surface area contributed by atoms with Crippen LogP contribution in [-0.2, 0) is 17.6 Å². The van der Waals surface area contributed by atoms with Gasteiger partial charge in [0.15, 0.2) is 0 Å². The van der Waals surface area contributed by atoms with Gasteiger partial charge in [0.05, 0.1) is 12.7 Å². The summed E-state index contributed by atoms with van der Waals surface area (Å²) >= 11 is 0. The largest absolute Gasteiger partial charge is 0.389 e. The van der Waals surface area contributed by atoms with Crippen LogP contribution in [-0.4, -0.2) is 72.0 Å². The standard InChI is InChI=1S/C26H40N4O2/c1-5-7-16-32-19-23(31)18-29-12-14-30(15-13-29)26-24(25(6-2)27-21(4)28-26)17-22-10-8-20(3)9-11-22/h8-11,23,31H,5-7,12-19H2,1-4H3/t23-/m0/s1. The Bertz CT molecular complexity index is 832.